The van der Waals surface area contributed by atoms with Crippen molar-refractivity contribution in [1.29, 1.82) is 0 Å². The number of hydrogen-bond donors (Lipinski definition) is 1. The van der Waals surface area contributed by atoms with Crippen LogP contribution in [0.25, 0.3) is 10.2 Å². The average Bonchev–Trinajstić information content (AvgIpc) is 2.75. The van der Waals surface area contributed by atoms with E-state index in [9.17, 15) is 8.42 Å². The topological polar surface area (TPSA) is 78.4 Å². The molecule has 0 radical (unpaired) electrons. The summed E-state index contributed by atoms with van der Waals surface area (Å²) in [5, 5.41) is 4.58. The molecule has 7 nitrogen and oxygen atoms in total. The predicted molar refractivity (Wildman–Crippen MR) is 96.1 cm³/mol. The van der Waals surface area contributed by atoms with Crippen LogP contribution in [0.2, 0.25) is 0 Å². The van der Waals surface area contributed by atoms with Crippen molar-refractivity contribution >= 4 is 37.4 Å². The predicted octanol–water partition coefficient (Wildman–Crippen LogP) is 0.809. The van der Waals surface area contributed by atoms with Crippen LogP contribution in [0.3, 0.4) is 0 Å². The summed E-state index contributed by atoms with van der Waals surface area (Å²) in [5.41, 5.74) is 1.37. The largest absolute Gasteiger partial charge is 0.355 e. The minimum absolute atomic E-state index is 0.512. The first-order chi connectivity index (χ1) is 11.5. The van der Waals surface area contributed by atoms with Gasteiger partial charge in [-0.25, -0.2) is 22.7 Å². The molecule has 2 aliphatic heterocycles. The van der Waals surface area contributed by atoms with Gasteiger partial charge in [-0.3, -0.25) is 0 Å². The lowest BCUT2D eigenvalue weighted by Gasteiger charge is -2.23. The number of hydrogen-bond acceptors (Lipinski definition) is 7. The number of nitrogens with zero attached hydrogens (tertiary/aromatic N) is 4. The molecular formula is C15H21N5O2S2. The Morgan fingerprint density at radius 1 is 1.21 bits per heavy atom. The molecule has 0 unspecified atom stereocenters. The summed E-state index contributed by atoms with van der Waals surface area (Å²) in [6, 6.07) is 0. The molecule has 2 aliphatic rings. The minimum Gasteiger partial charge on any atom is -0.355 e. The van der Waals surface area contributed by atoms with Gasteiger partial charge in [-0.15, -0.1) is 11.3 Å². The third kappa shape index (κ3) is 2.90. The van der Waals surface area contributed by atoms with Gasteiger partial charge in [0.25, 0.3) is 0 Å². The van der Waals surface area contributed by atoms with Crippen molar-refractivity contribution in [3.63, 3.8) is 0 Å². The van der Waals surface area contributed by atoms with Crippen LogP contribution >= 0.6 is 11.3 Å². The number of fused-ring (bicyclic) bond motifs is 3. The van der Waals surface area contributed by atoms with Crippen molar-refractivity contribution < 1.29 is 8.42 Å². The van der Waals surface area contributed by atoms with Crippen LogP contribution < -0.4 is 10.2 Å². The zero-order valence-electron chi connectivity index (χ0n) is 13.7. The fraction of sp³-hybridized carbons (Fsp3) is 0.600. The summed E-state index contributed by atoms with van der Waals surface area (Å²) >= 11 is 1.74. The summed E-state index contributed by atoms with van der Waals surface area (Å²) in [7, 11) is -3.13. The van der Waals surface area contributed by atoms with Gasteiger partial charge in [-0.05, 0) is 24.9 Å². The first-order valence-electron chi connectivity index (χ1n) is 8.20. The van der Waals surface area contributed by atoms with Crippen LogP contribution in [-0.2, 0) is 23.0 Å². The SMILES string of the molecule is CS(=O)(=O)N1CCCN(c2ncnc3sc4c(c23)CCNC4)CC1. The van der Waals surface area contributed by atoms with Crippen LogP contribution in [0.5, 0.6) is 0 Å². The molecule has 0 aliphatic carbocycles. The van der Waals surface area contributed by atoms with Crippen LogP contribution in [0, 0.1) is 0 Å². The van der Waals surface area contributed by atoms with E-state index in [-0.39, 0.29) is 0 Å². The van der Waals surface area contributed by atoms with Gasteiger partial charge >= 0.3 is 0 Å². The number of thiophene rings is 1. The average molecular weight is 368 g/mol. The molecule has 0 spiro atoms. The minimum atomic E-state index is -3.13. The molecule has 1 fully saturated rings. The number of rotatable bonds is 2. The lowest BCUT2D eigenvalue weighted by molar-refractivity contribution is 0.437. The van der Waals surface area contributed by atoms with E-state index >= 15 is 0 Å². The second-order valence-corrected chi connectivity index (χ2v) is 9.38. The Hall–Kier alpha value is -1.29. The molecular weight excluding hydrogens is 346 g/mol. The molecule has 2 aromatic rings. The molecule has 130 valence electrons. The second-order valence-electron chi connectivity index (χ2n) is 6.31. The molecule has 4 heterocycles. The maximum atomic E-state index is 11.8. The molecule has 0 bridgehead atoms. The van der Waals surface area contributed by atoms with Gasteiger partial charge in [-0.1, -0.05) is 0 Å². The van der Waals surface area contributed by atoms with Gasteiger partial charge in [-0.2, -0.15) is 0 Å². The standard InChI is InChI=1S/C15H21N5O2S2/c1-24(21,22)20-6-2-5-19(7-8-20)14-13-11-3-4-16-9-12(11)23-15(13)18-10-17-14/h10,16H,2-9H2,1H3. The van der Waals surface area contributed by atoms with Crippen molar-refractivity contribution in [3.05, 3.63) is 16.8 Å². The van der Waals surface area contributed by atoms with Gasteiger partial charge in [0.15, 0.2) is 0 Å². The second kappa shape index (κ2) is 6.21. The van der Waals surface area contributed by atoms with Gasteiger partial charge in [0.1, 0.15) is 17.0 Å². The third-order valence-electron chi connectivity index (χ3n) is 4.71. The van der Waals surface area contributed by atoms with Crippen LogP contribution in [0.15, 0.2) is 6.33 Å². The van der Waals surface area contributed by atoms with E-state index < -0.39 is 10.0 Å². The molecule has 9 heteroatoms. The van der Waals surface area contributed by atoms with E-state index in [1.54, 1.807) is 22.0 Å². The highest BCUT2D eigenvalue weighted by molar-refractivity contribution is 7.88. The van der Waals surface area contributed by atoms with Gasteiger partial charge in [0.05, 0.1) is 11.6 Å². The van der Waals surface area contributed by atoms with Crippen molar-refractivity contribution in [2.45, 2.75) is 19.4 Å². The lowest BCUT2D eigenvalue weighted by atomic mass is 10.1. The summed E-state index contributed by atoms with van der Waals surface area (Å²) in [4.78, 5) is 13.7. The molecule has 2 aromatic heterocycles. The number of sulfonamides is 1. The maximum Gasteiger partial charge on any atom is 0.211 e. The van der Waals surface area contributed by atoms with Gasteiger partial charge in [0.2, 0.25) is 10.0 Å². The molecule has 0 aromatic carbocycles. The van der Waals surface area contributed by atoms with Crippen LogP contribution in [0.1, 0.15) is 16.9 Å². The summed E-state index contributed by atoms with van der Waals surface area (Å²) in [6.45, 7) is 4.46. The van der Waals surface area contributed by atoms with Crippen molar-refractivity contribution in [2.75, 3.05) is 43.9 Å². The van der Waals surface area contributed by atoms with Gasteiger partial charge < -0.3 is 10.2 Å². The Labute approximate surface area is 145 Å². The van der Waals surface area contributed by atoms with Crippen molar-refractivity contribution in [3.8, 4) is 0 Å². The highest BCUT2D eigenvalue weighted by Crippen LogP contribution is 2.37. The maximum absolute atomic E-state index is 11.8. The fourth-order valence-electron chi connectivity index (χ4n) is 3.52. The molecule has 0 atom stereocenters. The Kier molecular flexibility index (Phi) is 4.19. The zero-order chi connectivity index (χ0) is 16.7. The Morgan fingerprint density at radius 3 is 2.92 bits per heavy atom. The van der Waals surface area contributed by atoms with Crippen molar-refractivity contribution in [2.24, 2.45) is 0 Å². The number of anilines is 1. The Bertz CT molecular complexity index is 864. The van der Waals surface area contributed by atoms with E-state index in [1.165, 1.54) is 22.1 Å². The Balaban J connectivity index is 1.70. The van der Waals surface area contributed by atoms with E-state index in [2.05, 4.69) is 20.2 Å². The smallest absolute Gasteiger partial charge is 0.211 e. The zero-order valence-corrected chi connectivity index (χ0v) is 15.3. The molecule has 0 amide bonds. The van der Waals surface area contributed by atoms with E-state index in [1.807, 2.05) is 0 Å². The highest BCUT2D eigenvalue weighted by atomic mass is 32.2. The van der Waals surface area contributed by atoms with Gasteiger partial charge in [0, 0.05) is 37.6 Å². The van der Waals surface area contributed by atoms with E-state index in [0.717, 1.165) is 43.1 Å². The molecule has 1 N–H and O–H groups in total. The molecule has 24 heavy (non-hydrogen) atoms. The fourth-order valence-corrected chi connectivity index (χ4v) is 5.54. The molecule has 0 saturated carbocycles. The highest BCUT2D eigenvalue weighted by Gasteiger charge is 2.26. The summed E-state index contributed by atoms with van der Waals surface area (Å²) < 4.78 is 25.2. The number of aromatic nitrogens is 2. The number of nitrogens with one attached hydrogen (secondary N) is 1. The third-order valence-corrected chi connectivity index (χ3v) is 7.15. The lowest BCUT2D eigenvalue weighted by Crippen LogP contribution is -2.34. The van der Waals surface area contributed by atoms with E-state index in [0.29, 0.717) is 19.6 Å². The quantitative estimate of drug-likeness (QED) is 0.846. The molecule has 1 saturated heterocycles. The summed E-state index contributed by atoms with van der Waals surface area (Å²) in [6.07, 6.45) is 4.73. The van der Waals surface area contributed by atoms with Crippen LogP contribution in [0.4, 0.5) is 5.82 Å². The van der Waals surface area contributed by atoms with Crippen molar-refractivity contribution in [1.82, 2.24) is 19.6 Å². The van der Waals surface area contributed by atoms with E-state index in [4.69, 9.17) is 0 Å². The first kappa shape index (κ1) is 16.2. The van der Waals surface area contributed by atoms with Crippen LogP contribution in [-0.4, -0.2) is 61.7 Å². The summed E-state index contributed by atoms with van der Waals surface area (Å²) in [5.74, 6) is 0.967. The first-order valence-corrected chi connectivity index (χ1v) is 10.9. The normalized spacial score (nSPS) is 20.1. The Morgan fingerprint density at radius 2 is 2.08 bits per heavy atom. The molecule has 4 rings (SSSR count). The monoisotopic (exact) mass is 367 g/mol.